The lowest BCUT2D eigenvalue weighted by atomic mass is 10.1. The molecule has 0 unspecified atom stereocenters. The van der Waals surface area contributed by atoms with E-state index in [9.17, 15) is 9.59 Å². The van der Waals surface area contributed by atoms with Crippen LogP contribution in [0.15, 0.2) is 54.7 Å². The predicted molar refractivity (Wildman–Crippen MR) is 124 cm³/mol. The van der Waals surface area contributed by atoms with Crippen molar-refractivity contribution in [3.05, 3.63) is 75.9 Å². The van der Waals surface area contributed by atoms with Gasteiger partial charge in [-0.3, -0.25) is 4.79 Å². The lowest BCUT2D eigenvalue weighted by Crippen LogP contribution is -2.14. The number of carbonyl (C=O) groups excluding carboxylic acids is 2. The van der Waals surface area contributed by atoms with Gasteiger partial charge < -0.3 is 9.30 Å². The number of hydrogen-bond acceptors (Lipinski definition) is 6. The van der Waals surface area contributed by atoms with Crippen LogP contribution >= 0.6 is 22.9 Å². The molecule has 0 aliphatic heterocycles. The molecule has 0 fully saturated rings. The zero-order valence-electron chi connectivity index (χ0n) is 17.2. The number of carbonyl (C=O) groups is 2. The number of para-hydroxylation sites is 1. The first-order valence-electron chi connectivity index (χ1n) is 9.86. The number of rotatable bonds is 7. The largest absolute Gasteiger partial charge is 0.453 e. The van der Waals surface area contributed by atoms with Crippen LogP contribution in [0.3, 0.4) is 0 Å². The Labute approximate surface area is 193 Å². The zero-order chi connectivity index (χ0) is 22.7. The van der Waals surface area contributed by atoms with E-state index in [2.05, 4.69) is 11.1 Å². The minimum atomic E-state index is -0.582. The molecule has 2 aromatic carbocycles. The number of aryl methyl sites for hydroxylation is 2. The van der Waals surface area contributed by atoms with E-state index < -0.39 is 5.97 Å². The summed E-state index contributed by atoms with van der Waals surface area (Å²) in [6, 6.07) is 16.8. The zero-order valence-corrected chi connectivity index (χ0v) is 18.7. The van der Waals surface area contributed by atoms with Gasteiger partial charge in [0.05, 0.1) is 18.2 Å². The highest BCUT2D eigenvalue weighted by atomic mass is 35.5. The average Bonchev–Trinajstić information content (AvgIpc) is 3.37. The number of esters is 1. The van der Waals surface area contributed by atoms with Crippen LogP contribution in [0.4, 0.5) is 0 Å². The molecule has 32 heavy (non-hydrogen) atoms. The highest BCUT2D eigenvalue weighted by Gasteiger charge is 2.21. The van der Waals surface area contributed by atoms with Gasteiger partial charge in [0.15, 0.2) is 6.61 Å². The van der Waals surface area contributed by atoms with Crippen LogP contribution in [0, 0.1) is 18.3 Å². The van der Waals surface area contributed by atoms with Crippen LogP contribution in [0.1, 0.15) is 32.1 Å². The summed E-state index contributed by atoms with van der Waals surface area (Å²) in [7, 11) is 0. The average molecular weight is 464 g/mol. The summed E-state index contributed by atoms with van der Waals surface area (Å²) in [6.45, 7) is 1.84. The Morgan fingerprint density at radius 2 is 1.94 bits per heavy atom. The van der Waals surface area contributed by atoms with Crippen LogP contribution in [0.2, 0.25) is 5.02 Å². The van der Waals surface area contributed by atoms with E-state index >= 15 is 0 Å². The van der Waals surface area contributed by atoms with Crippen molar-refractivity contribution in [2.24, 2.45) is 0 Å². The number of benzene rings is 2. The Bertz CT molecular complexity index is 1350. The topological polar surface area (TPSA) is 85.0 Å². The molecule has 0 aliphatic rings. The van der Waals surface area contributed by atoms with E-state index in [0.717, 1.165) is 16.5 Å². The van der Waals surface area contributed by atoms with E-state index in [4.69, 9.17) is 21.6 Å². The Morgan fingerprint density at radius 1 is 1.19 bits per heavy atom. The number of thiazole rings is 1. The Balaban J connectivity index is 1.50. The lowest BCUT2D eigenvalue weighted by Gasteiger charge is -2.02. The number of halogens is 1. The van der Waals surface area contributed by atoms with Gasteiger partial charge in [0, 0.05) is 39.8 Å². The maximum absolute atomic E-state index is 12.8. The molecule has 2 aromatic heterocycles. The Hall–Kier alpha value is -3.47. The molecule has 4 aromatic rings. The van der Waals surface area contributed by atoms with E-state index in [1.54, 1.807) is 25.3 Å². The molecule has 0 bridgehead atoms. The van der Waals surface area contributed by atoms with Crippen LogP contribution in [0.25, 0.3) is 21.5 Å². The third-order valence-corrected chi connectivity index (χ3v) is 6.40. The molecule has 0 spiro atoms. The number of aromatic nitrogens is 2. The first kappa shape index (κ1) is 21.8. The minimum Gasteiger partial charge on any atom is -0.453 e. The summed E-state index contributed by atoms with van der Waals surface area (Å²) in [4.78, 5) is 30.3. The SMILES string of the molecule is Cc1nc(-c2ccc(Cl)cc2)sc1C(=O)OCC(=O)c1cn(CCC#N)c2ccccc12. The Kier molecular flexibility index (Phi) is 6.35. The molecule has 6 nitrogen and oxygen atoms in total. The van der Waals surface area contributed by atoms with Gasteiger partial charge in [-0.25, -0.2) is 9.78 Å². The summed E-state index contributed by atoms with van der Waals surface area (Å²) in [5.41, 5.74) is 2.73. The maximum atomic E-state index is 12.8. The smallest absolute Gasteiger partial charge is 0.350 e. The van der Waals surface area contributed by atoms with Crippen molar-refractivity contribution in [3.8, 4) is 16.6 Å². The molecule has 2 heterocycles. The first-order valence-corrected chi connectivity index (χ1v) is 11.1. The van der Waals surface area contributed by atoms with Gasteiger partial charge in [0.1, 0.15) is 9.88 Å². The molecule has 0 N–H and O–H groups in total. The molecule has 0 saturated heterocycles. The molecule has 0 atom stereocenters. The molecule has 8 heteroatoms. The van der Waals surface area contributed by atoms with E-state index in [1.807, 2.05) is 41.0 Å². The summed E-state index contributed by atoms with van der Waals surface area (Å²) >= 11 is 7.15. The van der Waals surface area contributed by atoms with Gasteiger partial charge in [0.25, 0.3) is 0 Å². The quantitative estimate of drug-likeness (QED) is 0.260. The second-order valence-electron chi connectivity index (χ2n) is 7.10. The molecule has 0 aliphatic carbocycles. The van der Waals surface area contributed by atoms with Gasteiger partial charge in [-0.2, -0.15) is 5.26 Å². The van der Waals surface area contributed by atoms with E-state index in [-0.39, 0.29) is 12.4 Å². The van der Waals surface area contributed by atoms with Gasteiger partial charge >= 0.3 is 5.97 Å². The second kappa shape index (κ2) is 9.35. The third-order valence-electron chi connectivity index (χ3n) is 4.96. The summed E-state index contributed by atoms with van der Waals surface area (Å²) < 4.78 is 7.21. The summed E-state index contributed by atoms with van der Waals surface area (Å²) in [6.07, 6.45) is 2.05. The second-order valence-corrected chi connectivity index (χ2v) is 8.54. The van der Waals surface area contributed by atoms with Crippen molar-refractivity contribution in [1.82, 2.24) is 9.55 Å². The molecular weight excluding hydrogens is 446 g/mol. The fourth-order valence-corrected chi connectivity index (χ4v) is 4.49. The highest BCUT2D eigenvalue weighted by molar-refractivity contribution is 7.17. The van der Waals surface area contributed by atoms with Gasteiger partial charge in [-0.1, -0.05) is 41.9 Å². The monoisotopic (exact) mass is 463 g/mol. The summed E-state index contributed by atoms with van der Waals surface area (Å²) in [5.74, 6) is -0.882. The van der Waals surface area contributed by atoms with Gasteiger partial charge in [-0.15, -0.1) is 11.3 Å². The molecular formula is C24H18ClN3O3S. The number of fused-ring (bicyclic) bond motifs is 1. The van der Waals surface area contributed by atoms with Gasteiger partial charge in [-0.05, 0) is 25.1 Å². The van der Waals surface area contributed by atoms with Crippen LogP contribution in [-0.4, -0.2) is 27.9 Å². The number of nitriles is 1. The normalized spacial score (nSPS) is 10.8. The van der Waals surface area contributed by atoms with E-state index in [1.165, 1.54) is 11.3 Å². The predicted octanol–water partition coefficient (Wildman–Crippen LogP) is 5.68. The third kappa shape index (κ3) is 4.42. The maximum Gasteiger partial charge on any atom is 0.350 e. The Morgan fingerprint density at radius 3 is 2.69 bits per heavy atom. The van der Waals surface area contributed by atoms with E-state index in [0.29, 0.717) is 39.1 Å². The van der Waals surface area contributed by atoms with Gasteiger partial charge in [0.2, 0.25) is 5.78 Å². The number of ketones is 1. The molecule has 0 radical (unpaired) electrons. The standard InChI is InChI=1S/C24H18ClN3O3S/c1-15-22(32-23(27-15)16-7-9-17(25)10-8-16)24(30)31-14-21(29)19-13-28(12-4-11-26)20-6-3-2-5-18(19)20/h2-3,5-10,13H,4,12,14H2,1H3. The first-order chi connectivity index (χ1) is 15.5. The highest BCUT2D eigenvalue weighted by Crippen LogP contribution is 2.29. The van der Waals surface area contributed by atoms with Crippen molar-refractivity contribution in [1.29, 1.82) is 5.26 Å². The fourth-order valence-electron chi connectivity index (χ4n) is 3.40. The summed E-state index contributed by atoms with van der Waals surface area (Å²) in [5, 5.41) is 10.9. The van der Waals surface area contributed by atoms with Crippen molar-refractivity contribution in [2.45, 2.75) is 19.9 Å². The van der Waals surface area contributed by atoms with Crippen molar-refractivity contribution >= 4 is 45.6 Å². The number of hydrogen-bond donors (Lipinski definition) is 0. The van der Waals surface area contributed by atoms with Crippen molar-refractivity contribution in [2.75, 3.05) is 6.61 Å². The number of nitrogens with zero attached hydrogens (tertiary/aromatic N) is 3. The molecule has 0 saturated carbocycles. The van der Waals surface area contributed by atoms with Crippen LogP contribution in [0.5, 0.6) is 0 Å². The molecule has 0 amide bonds. The fraction of sp³-hybridized carbons (Fsp3) is 0.167. The molecule has 4 rings (SSSR count). The number of Topliss-reactive ketones (excluding diaryl/α,β-unsaturated/α-hetero) is 1. The lowest BCUT2D eigenvalue weighted by molar-refractivity contribution is 0.0479. The van der Waals surface area contributed by atoms with Crippen molar-refractivity contribution < 1.29 is 14.3 Å². The van der Waals surface area contributed by atoms with Crippen LogP contribution < -0.4 is 0 Å². The number of ether oxygens (including phenoxy) is 1. The minimum absolute atomic E-state index is 0.301. The molecule has 160 valence electrons. The van der Waals surface area contributed by atoms with Crippen molar-refractivity contribution in [3.63, 3.8) is 0 Å². The van der Waals surface area contributed by atoms with Crippen LogP contribution in [-0.2, 0) is 11.3 Å².